The summed E-state index contributed by atoms with van der Waals surface area (Å²) in [6.45, 7) is -0.258. The molecular formula is C20H12Cl2N2O7. The number of phenolic OH excluding ortho intramolecular Hbond substituents is 1. The van der Waals surface area contributed by atoms with Crippen LogP contribution in [0.4, 0.5) is 11.4 Å². The molecule has 0 spiro atoms. The topological polar surface area (TPSA) is 133 Å². The molecule has 0 aliphatic heterocycles. The Balaban J connectivity index is 2.05. The maximum absolute atomic E-state index is 12.9. The van der Waals surface area contributed by atoms with Crippen molar-refractivity contribution >= 4 is 40.4 Å². The van der Waals surface area contributed by atoms with Crippen molar-refractivity contribution in [3.05, 3.63) is 102 Å². The predicted octanol–water partition coefficient (Wildman–Crippen LogP) is 5.33. The first-order valence-corrected chi connectivity index (χ1v) is 9.31. The number of carbonyl (C=O) groups excluding carboxylic acids is 1. The van der Waals surface area contributed by atoms with E-state index in [0.29, 0.717) is 5.56 Å². The number of ketones is 1. The molecule has 0 saturated heterocycles. The van der Waals surface area contributed by atoms with Crippen molar-refractivity contribution in [1.29, 1.82) is 0 Å². The van der Waals surface area contributed by atoms with Gasteiger partial charge in [0.1, 0.15) is 12.2 Å². The molecule has 0 aliphatic carbocycles. The second-order valence-corrected chi connectivity index (χ2v) is 7.01. The summed E-state index contributed by atoms with van der Waals surface area (Å²) >= 11 is 12.1. The van der Waals surface area contributed by atoms with Crippen molar-refractivity contribution in [3.63, 3.8) is 0 Å². The Morgan fingerprint density at radius 1 is 0.935 bits per heavy atom. The van der Waals surface area contributed by atoms with Gasteiger partial charge in [-0.05, 0) is 24.3 Å². The molecule has 0 atom stereocenters. The van der Waals surface area contributed by atoms with Crippen LogP contribution in [-0.4, -0.2) is 20.7 Å². The minimum absolute atomic E-state index is 0.258. The van der Waals surface area contributed by atoms with Crippen molar-refractivity contribution in [2.75, 3.05) is 0 Å². The Hall–Kier alpha value is -3.69. The standard InChI is InChI=1S/C20H12Cl2N2O7/c21-14-5-3-6-15(22)13(14)10-31-18-9-11(8-17(20(18)26)24(29)30)19(25)12-4-1-2-7-16(12)23(27)28/h1-9,26H,10H2. The zero-order valence-electron chi connectivity index (χ0n) is 15.5. The van der Waals surface area contributed by atoms with Crippen molar-refractivity contribution in [3.8, 4) is 11.5 Å². The summed E-state index contributed by atoms with van der Waals surface area (Å²) in [5.74, 6) is -2.05. The number of carbonyl (C=O) groups is 1. The number of ether oxygens (including phenoxy) is 1. The van der Waals surface area contributed by atoms with Crippen molar-refractivity contribution < 1.29 is 24.5 Å². The van der Waals surface area contributed by atoms with Crippen LogP contribution in [-0.2, 0) is 6.61 Å². The quantitative estimate of drug-likeness (QED) is 0.285. The predicted molar refractivity (Wildman–Crippen MR) is 112 cm³/mol. The third-order valence-corrected chi connectivity index (χ3v) is 5.00. The third kappa shape index (κ3) is 4.57. The van der Waals surface area contributed by atoms with Gasteiger partial charge in [0.2, 0.25) is 5.75 Å². The van der Waals surface area contributed by atoms with Crippen molar-refractivity contribution in [1.82, 2.24) is 0 Å². The monoisotopic (exact) mass is 462 g/mol. The van der Waals surface area contributed by atoms with Crippen LogP contribution in [0.3, 0.4) is 0 Å². The minimum Gasteiger partial charge on any atom is -0.500 e. The summed E-state index contributed by atoms with van der Waals surface area (Å²) < 4.78 is 5.47. The number of hydrogen-bond donors (Lipinski definition) is 1. The van der Waals surface area contributed by atoms with E-state index in [0.717, 1.165) is 18.2 Å². The number of nitrogens with zero attached hydrogens (tertiary/aromatic N) is 2. The summed E-state index contributed by atoms with van der Waals surface area (Å²) in [6.07, 6.45) is 0. The SMILES string of the molecule is O=C(c1cc(OCc2c(Cl)cccc2Cl)c(O)c([N+](=O)[O-])c1)c1ccccc1[N+](=O)[O-]. The van der Waals surface area contributed by atoms with Crippen LogP contribution < -0.4 is 4.74 Å². The smallest absolute Gasteiger partial charge is 0.315 e. The molecule has 3 rings (SSSR count). The number of phenols is 1. The second kappa shape index (κ2) is 8.99. The van der Waals surface area contributed by atoms with Gasteiger partial charge >= 0.3 is 5.69 Å². The van der Waals surface area contributed by atoms with E-state index in [1.54, 1.807) is 18.2 Å². The molecule has 0 bridgehead atoms. The number of nitro groups is 2. The number of hydrogen-bond acceptors (Lipinski definition) is 7. The number of para-hydroxylation sites is 1. The van der Waals surface area contributed by atoms with Gasteiger partial charge in [0.15, 0.2) is 11.5 Å². The van der Waals surface area contributed by atoms with Crippen LogP contribution in [0.25, 0.3) is 0 Å². The fourth-order valence-electron chi connectivity index (χ4n) is 2.77. The Morgan fingerprint density at radius 2 is 1.55 bits per heavy atom. The van der Waals surface area contributed by atoms with Gasteiger partial charge in [0.05, 0.1) is 9.85 Å². The van der Waals surface area contributed by atoms with Crippen molar-refractivity contribution in [2.45, 2.75) is 6.61 Å². The summed E-state index contributed by atoms with van der Waals surface area (Å²) in [4.78, 5) is 33.9. The van der Waals surface area contributed by atoms with Crippen LogP contribution in [0.15, 0.2) is 54.6 Å². The lowest BCUT2D eigenvalue weighted by Gasteiger charge is -2.12. The highest BCUT2D eigenvalue weighted by molar-refractivity contribution is 6.35. The molecule has 31 heavy (non-hydrogen) atoms. The summed E-state index contributed by atoms with van der Waals surface area (Å²) in [6, 6.07) is 11.8. The lowest BCUT2D eigenvalue weighted by atomic mass is 10.0. The fourth-order valence-corrected chi connectivity index (χ4v) is 3.28. The van der Waals surface area contributed by atoms with Gasteiger partial charge in [-0.3, -0.25) is 25.0 Å². The molecule has 0 heterocycles. The molecule has 11 heteroatoms. The van der Waals surface area contributed by atoms with E-state index in [-0.39, 0.29) is 33.5 Å². The lowest BCUT2D eigenvalue weighted by Crippen LogP contribution is -2.07. The van der Waals surface area contributed by atoms with E-state index in [9.17, 15) is 30.1 Å². The zero-order valence-corrected chi connectivity index (χ0v) is 17.0. The Kier molecular flexibility index (Phi) is 6.38. The molecule has 0 saturated carbocycles. The molecule has 3 aromatic carbocycles. The maximum atomic E-state index is 12.9. The summed E-state index contributed by atoms with van der Waals surface area (Å²) in [5, 5.41) is 33.4. The molecule has 158 valence electrons. The first-order valence-electron chi connectivity index (χ1n) is 8.56. The maximum Gasteiger partial charge on any atom is 0.315 e. The highest BCUT2D eigenvalue weighted by Gasteiger charge is 2.27. The molecule has 0 aliphatic rings. The van der Waals surface area contributed by atoms with Crippen LogP contribution in [0.2, 0.25) is 10.0 Å². The molecule has 0 fully saturated rings. The molecule has 0 radical (unpaired) electrons. The van der Waals surface area contributed by atoms with Crippen LogP contribution >= 0.6 is 23.2 Å². The number of benzene rings is 3. The summed E-state index contributed by atoms with van der Waals surface area (Å²) in [7, 11) is 0. The molecule has 9 nitrogen and oxygen atoms in total. The fraction of sp³-hybridized carbons (Fsp3) is 0.0500. The summed E-state index contributed by atoms with van der Waals surface area (Å²) in [5.41, 5.74) is -1.45. The number of nitro benzene ring substituents is 2. The van der Waals surface area contributed by atoms with E-state index in [4.69, 9.17) is 27.9 Å². The third-order valence-electron chi connectivity index (χ3n) is 4.29. The van der Waals surface area contributed by atoms with Gasteiger partial charge in [-0.15, -0.1) is 0 Å². The molecule has 0 amide bonds. The normalized spacial score (nSPS) is 10.5. The lowest BCUT2D eigenvalue weighted by molar-refractivity contribution is -0.386. The Bertz CT molecular complexity index is 1190. The molecule has 1 N–H and O–H groups in total. The van der Waals surface area contributed by atoms with Gasteiger partial charge < -0.3 is 9.84 Å². The van der Waals surface area contributed by atoms with E-state index in [1.807, 2.05) is 0 Å². The Labute approximate surface area is 184 Å². The molecule has 0 unspecified atom stereocenters. The average Bonchev–Trinajstić information content (AvgIpc) is 2.73. The average molecular weight is 463 g/mol. The first kappa shape index (κ1) is 22.0. The van der Waals surface area contributed by atoms with Crippen molar-refractivity contribution in [2.24, 2.45) is 0 Å². The molecular weight excluding hydrogens is 451 g/mol. The van der Waals surface area contributed by atoms with E-state index < -0.39 is 32.8 Å². The van der Waals surface area contributed by atoms with Gasteiger partial charge in [-0.25, -0.2) is 0 Å². The molecule has 0 aromatic heterocycles. The second-order valence-electron chi connectivity index (χ2n) is 6.19. The number of rotatable bonds is 7. The highest BCUT2D eigenvalue weighted by Crippen LogP contribution is 2.39. The van der Waals surface area contributed by atoms with Crippen LogP contribution in [0, 0.1) is 20.2 Å². The van der Waals surface area contributed by atoms with Crippen LogP contribution in [0.1, 0.15) is 21.5 Å². The molecule has 3 aromatic rings. The van der Waals surface area contributed by atoms with Crippen LogP contribution in [0.5, 0.6) is 11.5 Å². The minimum atomic E-state index is -0.902. The van der Waals surface area contributed by atoms with Gasteiger partial charge in [0.25, 0.3) is 5.69 Å². The zero-order chi connectivity index (χ0) is 22.7. The first-order chi connectivity index (χ1) is 14.7. The number of aromatic hydroxyl groups is 1. The van der Waals surface area contributed by atoms with Gasteiger partial charge in [-0.1, -0.05) is 41.4 Å². The van der Waals surface area contributed by atoms with E-state index in [2.05, 4.69) is 0 Å². The highest BCUT2D eigenvalue weighted by atomic mass is 35.5. The Morgan fingerprint density at radius 3 is 2.16 bits per heavy atom. The number of halogens is 2. The largest absolute Gasteiger partial charge is 0.500 e. The van der Waals surface area contributed by atoms with E-state index >= 15 is 0 Å². The van der Waals surface area contributed by atoms with Gasteiger partial charge in [-0.2, -0.15) is 0 Å². The van der Waals surface area contributed by atoms with E-state index in [1.165, 1.54) is 18.2 Å². The van der Waals surface area contributed by atoms with Gasteiger partial charge in [0, 0.05) is 33.3 Å².